The van der Waals surface area contributed by atoms with Gasteiger partial charge < -0.3 is 21.0 Å². The normalized spacial score (nSPS) is 11.2. The first-order chi connectivity index (χ1) is 10.2. The van der Waals surface area contributed by atoms with Gasteiger partial charge in [0.25, 0.3) is 0 Å². The van der Waals surface area contributed by atoms with Gasteiger partial charge in [0.1, 0.15) is 11.6 Å². The number of amidine groups is 1. The highest BCUT2D eigenvalue weighted by molar-refractivity contribution is 5.97. The lowest BCUT2D eigenvalue weighted by molar-refractivity contribution is 0.318. The molecule has 6 heteroatoms. The zero-order chi connectivity index (χ0) is 15.2. The van der Waals surface area contributed by atoms with Gasteiger partial charge in [-0.15, -0.1) is 0 Å². The summed E-state index contributed by atoms with van der Waals surface area (Å²) in [5.74, 6) is 0.308. The Morgan fingerprint density at radius 3 is 2.76 bits per heavy atom. The summed E-state index contributed by atoms with van der Waals surface area (Å²) in [5.41, 5.74) is 7.29. The monoisotopic (exact) mass is 289 g/mol. The van der Waals surface area contributed by atoms with E-state index in [-0.39, 0.29) is 11.7 Å². The van der Waals surface area contributed by atoms with Crippen LogP contribution in [-0.4, -0.2) is 18.2 Å². The minimum Gasteiger partial charge on any atom is -0.496 e. The van der Waals surface area contributed by atoms with E-state index in [1.54, 1.807) is 43.5 Å². The molecule has 5 nitrogen and oxygen atoms in total. The van der Waals surface area contributed by atoms with E-state index in [9.17, 15) is 4.39 Å². The molecular formula is C15H16FN3O2. The van der Waals surface area contributed by atoms with Gasteiger partial charge in [-0.3, -0.25) is 0 Å². The van der Waals surface area contributed by atoms with Crippen LogP contribution in [0, 0.1) is 5.82 Å². The number of nitrogens with two attached hydrogens (primary N) is 1. The van der Waals surface area contributed by atoms with E-state index < -0.39 is 0 Å². The third-order valence-corrected chi connectivity index (χ3v) is 3.03. The molecule has 0 heterocycles. The van der Waals surface area contributed by atoms with Crippen LogP contribution in [0.1, 0.15) is 11.1 Å². The zero-order valence-corrected chi connectivity index (χ0v) is 11.5. The lowest BCUT2D eigenvalue weighted by Crippen LogP contribution is -2.14. The van der Waals surface area contributed by atoms with Crippen LogP contribution in [0.25, 0.3) is 0 Å². The van der Waals surface area contributed by atoms with Gasteiger partial charge in [-0.2, -0.15) is 0 Å². The van der Waals surface area contributed by atoms with Crippen molar-refractivity contribution in [1.82, 2.24) is 0 Å². The van der Waals surface area contributed by atoms with Gasteiger partial charge in [-0.25, -0.2) is 4.39 Å². The van der Waals surface area contributed by atoms with E-state index in [1.807, 2.05) is 0 Å². The van der Waals surface area contributed by atoms with Gasteiger partial charge in [0, 0.05) is 17.7 Å². The lowest BCUT2D eigenvalue weighted by Gasteiger charge is -2.12. The summed E-state index contributed by atoms with van der Waals surface area (Å²) in [6.45, 7) is 0.344. The number of nitrogens with zero attached hydrogens (tertiary/aromatic N) is 1. The minimum absolute atomic E-state index is 0.00444. The molecule has 0 saturated heterocycles. The van der Waals surface area contributed by atoms with Crippen LogP contribution in [-0.2, 0) is 6.54 Å². The highest BCUT2D eigenvalue weighted by atomic mass is 19.1. The van der Waals surface area contributed by atoms with E-state index in [0.717, 1.165) is 5.56 Å². The van der Waals surface area contributed by atoms with Gasteiger partial charge >= 0.3 is 0 Å². The van der Waals surface area contributed by atoms with Crippen molar-refractivity contribution in [3.05, 3.63) is 59.4 Å². The first-order valence-corrected chi connectivity index (χ1v) is 6.29. The van der Waals surface area contributed by atoms with Gasteiger partial charge in [-0.1, -0.05) is 17.3 Å². The average molecular weight is 289 g/mol. The molecule has 2 aromatic carbocycles. The second-order valence-electron chi connectivity index (χ2n) is 4.35. The van der Waals surface area contributed by atoms with Crippen molar-refractivity contribution in [3.63, 3.8) is 0 Å². The SMILES string of the molecule is COc1ccc(/C(N)=N/O)cc1CNc1ccccc1F. The molecule has 0 aliphatic carbocycles. The van der Waals surface area contributed by atoms with Crippen LogP contribution in [0.4, 0.5) is 10.1 Å². The fraction of sp³-hybridized carbons (Fsp3) is 0.133. The van der Waals surface area contributed by atoms with E-state index >= 15 is 0 Å². The summed E-state index contributed by atoms with van der Waals surface area (Å²) in [4.78, 5) is 0. The van der Waals surface area contributed by atoms with E-state index in [1.165, 1.54) is 6.07 Å². The average Bonchev–Trinajstić information content (AvgIpc) is 2.53. The maximum atomic E-state index is 13.6. The van der Waals surface area contributed by atoms with E-state index in [4.69, 9.17) is 15.7 Å². The van der Waals surface area contributed by atoms with E-state index in [0.29, 0.717) is 23.5 Å². The Hall–Kier alpha value is -2.76. The zero-order valence-electron chi connectivity index (χ0n) is 11.5. The first kappa shape index (κ1) is 14.6. The highest BCUT2D eigenvalue weighted by Gasteiger charge is 2.08. The fourth-order valence-electron chi connectivity index (χ4n) is 1.93. The molecule has 0 radical (unpaired) electrons. The van der Waals surface area contributed by atoms with Crippen LogP contribution in [0.2, 0.25) is 0 Å². The molecule has 0 aliphatic heterocycles. The molecule has 0 bridgehead atoms. The molecule has 2 rings (SSSR count). The topological polar surface area (TPSA) is 79.9 Å². The number of oxime groups is 1. The second-order valence-corrected chi connectivity index (χ2v) is 4.35. The molecule has 0 aliphatic rings. The van der Waals surface area contributed by atoms with Crippen LogP contribution in [0.15, 0.2) is 47.6 Å². The number of ether oxygens (including phenoxy) is 1. The van der Waals surface area contributed by atoms with Crippen LogP contribution < -0.4 is 15.8 Å². The molecule has 110 valence electrons. The number of methoxy groups -OCH3 is 1. The van der Waals surface area contributed by atoms with Crippen molar-refractivity contribution in [2.45, 2.75) is 6.54 Å². The predicted molar refractivity (Wildman–Crippen MR) is 79.2 cm³/mol. The summed E-state index contributed by atoms with van der Waals surface area (Å²) in [5, 5.41) is 14.7. The number of halogens is 1. The summed E-state index contributed by atoms with van der Waals surface area (Å²) in [6.07, 6.45) is 0. The molecule has 0 spiro atoms. The van der Waals surface area contributed by atoms with Crippen molar-refractivity contribution in [2.24, 2.45) is 10.9 Å². The number of anilines is 1. The van der Waals surface area contributed by atoms with Crippen LogP contribution >= 0.6 is 0 Å². The second kappa shape index (κ2) is 6.60. The number of nitrogens with one attached hydrogen (secondary N) is 1. The molecule has 0 fully saturated rings. The van der Waals surface area contributed by atoms with Crippen LogP contribution in [0.3, 0.4) is 0 Å². The molecule has 4 N–H and O–H groups in total. The molecule has 0 atom stereocenters. The summed E-state index contributed by atoms with van der Waals surface area (Å²) < 4.78 is 18.8. The van der Waals surface area contributed by atoms with Crippen molar-refractivity contribution in [3.8, 4) is 5.75 Å². The first-order valence-electron chi connectivity index (χ1n) is 6.29. The van der Waals surface area contributed by atoms with Crippen molar-refractivity contribution in [2.75, 3.05) is 12.4 Å². The quantitative estimate of drug-likeness (QED) is 0.342. The van der Waals surface area contributed by atoms with Gasteiger partial charge in [0.05, 0.1) is 12.8 Å². The molecule has 21 heavy (non-hydrogen) atoms. The smallest absolute Gasteiger partial charge is 0.170 e. The minimum atomic E-state index is -0.330. The van der Waals surface area contributed by atoms with Gasteiger partial charge in [0.2, 0.25) is 0 Å². The Labute approximate surface area is 121 Å². The molecular weight excluding hydrogens is 273 g/mol. The standard InChI is InChI=1S/C15H16FN3O2/c1-21-14-7-6-10(15(17)19-20)8-11(14)9-18-13-5-3-2-4-12(13)16/h2-8,18,20H,9H2,1H3,(H2,17,19). The number of benzene rings is 2. The number of rotatable bonds is 5. The molecule has 0 aromatic heterocycles. The lowest BCUT2D eigenvalue weighted by atomic mass is 10.1. The Bertz CT molecular complexity index is 659. The third-order valence-electron chi connectivity index (χ3n) is 3.03. The van der Waals surface area contributed by atoms with Crippen molar-refractivity contribution < 1.29 is 14.3 Å². The summed E-state index contributed by atoms with van der Waals surface area (Å²) >= 11 is 0. The highest BCUT2D eigenvalue weighted by Crippen LogP contribution is 2.22. The Balaban J connectivity index is 2.24. The Morgan fingerprint density at radius 2 is 2.10 bits per heavy atom. The summed E-state index contributed by atoms with van der Waals surface area (Å²) in [6, 6.07) is 11.5. The predicted octanol–water partition coefficient (Wildman–Crippen LogP) is 2.54. The Kier molecular flexibility index (Phi) is 4.61. The molecule has 0 unspecified atom stereocenters. The molecule has 0 amide bonds. The van der Waals surface area contributed by atoms with Crippen molar-refractivity contribution >= 4 is 11.5 Å². The third kappa shape index (κ3) is 3.42. The van der Waals surface area contributed by atoms with E-state index in [2.05, 4.69) is 10.5 Å². The fourth-order valence-corrected chi connectivity index (χ4v) is 1.93. The number of hydrogen-bond acceptors (Lipinski definition) is 4. The van der Waals surface area contributed by atoms with Gasteiger partial charge in [-0.05, 0) is 30.3 Å². The molecule has 2 aromatic rings. The van der Waals surface area contributed by atoms with Gasteiger partial charge in [0.15, 0.2) is 5.84 Å². The largest absolute Gasteiger partial charge is 0.496 e. The number of para-hydroxylation sites is 1. The summed E-state index contributed by atoms with van der Waals surface area (Å²) in [7, 11) is 1.55. The van der Waals surface area contributed by atoms with Crippen molar-refractivity contribution in [1.29, 1.82) is 0 Å². The number of hydrogen-bond donors (Lipinski definition) is 3. The maximum absolute atomic E-state index is 13.6. The maximum Gasteiger partial charge on any atom is 0.170 e. The molecule has 0 saturated carbocycles. The Morgan fingerprint density at radius 1 is 1.33 bits per heavy atom. The van der Waals surface area contributed by atoms with Crippen LogP contribution in [0.5, 0.6) is 5.75 Å².